The number of hydrogen-bond acceptors (Lipinski definition) is 3. The normalized spacial score (nSPS) is 16.5. The van der Waals surface area contributed by atoms with Gasteiger partial charge in [-0.2, -0.15) is 0 Å². The predicted molar refractivity (Wildman–Crippen MR) is 91.2 cm³/mol. The van der Waals surface area contributed by atoms with Crippen molar-refractivity contribution in [1.29, 1.82) is 0 Å². The Bertz CT molecular complexity index is 294. The third-order valence-electron chi connectivity index (χ3n) is 3.84. The van der Waals surface area contributed by atoms with Crippen LogP contribution in [0.4, 0.5) is 0 Å². The molecule has 0 rings (SSSR count). The summed E-state index contributed by atoms with van der Waals surface area (Å²) in [5, 5.41) is 3.34. The summed E-state index contributed by atoms with van der Waals surface area (Å²) in [7, 11) is 0. The number of rotatable bonds is 11. The molecule has 3 N–H and O–H groups in total. The highest BCUT2D eigenvalue weighted by Gasteiger charge is 2.33. The van der Waals surface area contributed by atoms with Crippen LogP contribution in [0.15, 0.2) is 0 Å². The number of nitrogens with one attached hydrogen (secondary N) is 1. The monoisotopic (exact) mass is 299 g/mol. The highest BCUT2D eigenvalue weighted by atomic mass is 16.1. The summed E-state index contributed by atoms with van der Waals surface area (Å²) < 4.78 is 0. The molecule has 0 aromatic heterocycles. The molecule has 0 spiro atoms. The van der Waals surface area contributed by atoms with Crippen molar-refractivity contribution in [3.63, 3.8) is 0 Å². The number of carbonyl (C=O) groups excluding carboxylic acids is 1. The largest absolute Gasteiger partial charge is 0.368 e. The number of amides is 1. The minimum absolute atomic E-state index is 0.253. The Kier molecular flexibility index (Phi) is 9.14. The highest BCUT2D eigenvalue weighted by molar-refractivity contribution is 5.84. The molecule has 0 saturated heterocycles. The van der Waals surface area contributed by atoms with E-state index in [-0.39, 0.29) is 5.91 Å². The molecule has 0 aliphatic rings. The van der Waals surface area contributed by atoms with Crippen molar-refractivity contribution in [3.8, 4) is 0 Å². The standard InChI is InChI=1S/C17H37N3O/c1-8-9-19-17(7,16(18)21)10-15(6)20(11-13(2)3)12-14(4)5/h13-15,19H,8-12H2,1-7H3,(H2,18,21). The molecular formula is C17H37N3O. The molecule has 4 heteroatoms. The van der Waals surface area contributed by atoms with E-state index in [0.717, 1.165) is 32.5 Å². The Labute approximate surface area is 131 Å². The average molecular weight is 300 g/mol. The van der Waals surface area contributed by atoms with Crippen molar-refractivity contribution >= 4 is 5.91 Å². The second-order valence-corrected chi connectivity index (χ2v) is 7.42. The van der Waals surface area contributed by atoms with Crippen LogP contribution in [0, 0.1) is 11.8 Å². The number of primary amides is 1. The molecule has 126 valence electrons. The maximum Gasteiger partial charge on any atom is 0.237 e. The first-order valence-corrected chi connectivity index (χ1v) is 8.41. The van der Waals surface area contributed by atoms with Crippen LogP contribution in [-0.2, 0) is 4.79 Å². The lowest BCUT2D eigenvalue weighted by molar-refractivity contribution is -0.124. The lowest BCUT2D eigenvalue weighted by Crippen LogP contribution is -2.57. The molecule has 2 unspecified atom stereocenters. The molecule has 4 nitrogen and oxygen atoms in total. The zero-order valence-electron chi connectivity index (χ0n) is 15.2. The van der Waals surface area contributed by atoms with E-state index in [4.69, 9.17) is 5.73 Å². The van der Waals surface area contributed by atoms with Crippen LogP contribution in [0.5, 0.6) is 0 Å². The van der Waals surface area contributed by atoms with Crippen molar-refractivity contribution in [2.24, 2.45) is 17.6 Å². The molecule has 2 atom stereocenters. The highest BCUT2D eigenvalue weighted by Crippen LogP contribution is 2.19. The summed E-state index contributed by atoms with van der Waals surface area (Å²) in [5.74, 6) is 0.987. The van der Waals surface area contributed by atoms with Crippen LogP contribution < -0.4 is 11.1 Å². The zero-order valence-corrected chi connectivity index (χ0v) is 15.2. The predicted octanol–water partition coefficient (Wildman–Crippen LogP) is 2.62. The van der Waals surface area contributed by atoms with Gasteiger partial charge in [-0.3, -0.25) is 4.79 Å². The molecule has 0 radical (unpaired) electrons. The van der Waals surface area contributed by atoms with Gasteiger partial charge in [-0.1, -0.05) is 34.6 Å². The first kappa shape index (κ1) is 20.4. The van der Waals surface area contributed by atoms with Gasteiger partial charge in [0.2, 0.25) is 5.91 Å². The SMILES string of the molecule is CCCNC(C)(CC(C)N(CC(C)C)CC(C)C)C(N)=O. The van der Waals surface area contributed by atoms with Gasteiger partial charge in [0.15, 0.2) is 0 Å². The fourth-order valence-corrected chi connectivity index (χ4v) is 2.75. The van der Waals surface area contributed by atoms with E-state index >= 15 is 0 Å². The van der Waals surface area contributed by atoms with Crippen molar-refractivity contribution in [2.75, 3.05) is 19.6 Å². The van der Waals surface area contributed by atoms with Crippen molar-refractivity contribution < 1.29 is 4.79 Å². The Morgan fingerprint density at radius 2 is 1.62 bits per heavy atom. The van der Waals surface area contributed by atoms with Crippen LogP contribution in [0.25, 0.3) is 0 Å². The van der Waals surface area contributed by atoms with Gasteiger partial charge >= 0.3 is 0 Å². The second-order valence-electron chi connectivity index (χ2n) is 7.42. The topological polar surface area (TPSA) is 58.4 Å². The summed E-state index contributed by atoms with van der Waals surface area (Å²) in [6.07, 6.45) is 1.75. The number of nitrogens with zero attached hydrogens (tertiary/aromatic N) is 1. The molecule has 21 heavy (non-hydrogen) atoms. The molecule has 0 saturated carbocycles. The minimum atomic E-state index is -0.623. The number of nitrogens with two attached hydrogens (primary N) is 1. The van der Waals surface area contributed by atoms with Gasteiger partial charge in [0.25, 0.3) is 0 Å². The summed E-state index contributed by atoms with van der Waals surface area (Å²) in [6.45, 7) is 18.1. The average Bonchev–Trinajstić information content (AvgIpc) is 2.34. The number of carbonyl (C=O) groups is 1. The van der Waals surface area contributed by atoms with Crippen molar-refractivity contribution in [1.82, 2.24) is 10.2 Å². The van der Waals surface area contributed by atoms with Gasteiger partial charge in [0.05, 0.1) is 5.54 Å². The van der Waals surface area contributed by atoms with E-state index in [1.807, 2.05) is 6.92 Å². The van der Waals surface area contributed by atoms with Gasteiger partial charge in [0, 0.05) is 19.1 Å². The Hall–Kier alpha value is -0.610. The van der Waals surface area contributed by atoms with Gasteiger partial charge in [-0.25, -0.2) is 0 Å². The first-order chi connectivity index (χ1) is 9.62. The van der Waals surface area contributed by atoms with E-state index in [1.54, 1.807) is 0 Å². The molecule has 0 aromatic rings. The van der Waals surface area contributed by atoms with Gasteiger partial charge in [-0.05, 0) is 45.1 Å². The van der Waals surface area contributed by atoms with Crippen molar-refractivity contribution in [2.45, 2.75) is 72.9 Å². The summed E-state index contributed by atoms with van der Waals surface area (Å²) in [5.41, 5.74) is 5.02. The van der Waals surface area contributed by atoms with E-state index in [0.29, 0.717) is 17.9 Å². The molecule has 1 amide bonds. The minimum Gasteiger partial charge on any atom is -0.368 e. The Morgan fingerprint density at radius 1 is 1.14 bits per heavy atom. The summed E-state index contributed by atoms with van der Waals surface area (Å²) >= 11 is 0. The zero-order chi connectivity index (χ0) is 16.6. The van der Waals surface area contributed by atoms with Gasteiger partial charge in [0.1, 0.15) is 0 Å². The molecule has 0 heterocycles. The smallest absolute Gasteiger partial charge is 0.237 e. The second kappa shape index (κ2) is 9.42. The van der Waals surface area contributed by atoms with E-state index in [1.165, 1.54) is 0 Å². The molecule has 0 aliphatic heterocycles. The van der Waals surface area contributed by atoms with Crippen LogP contribution in [0.1, 0.15) is 61.3 Å². The molecule has 0 aliphatic carbocycles. The molecule has 0 bridgehead atoms. The third-order valence-corrected chi connectivity index (χ3v) is 3.84. The van der Waals surface area contributed by atoms with E-state index < -0.39 is 5.54 Å². The third kappa shape index (κ3) is 7.82. The van der Waals surface area contributed by atoms with Crippen molar-refractivity contribution in [3.05, 3.63) is 0 Å². The summed E-state index contributed by atoms with van der Waals surface area (Å²) in [4.78, 5) is 14.4. The van der Waals surface area contributed by atoms with E-state index in [2.05, 4.69) is 51.8 Å². The lowest BCUT2D eigenvalue weighted by Gasteiger charge is -2.37. The molecule has 0 aromatic carbocycles. The summed E-state index contributed by atoms with van der Waals surface area (Å²) in [6, 6.07) is 0.330. The Morgan fingerprint density at radius 3 is 1.95 bits per heavy atom. The maximum atomic E-state index is 11.9. The molecular weight excluding hydrogens is 262 g/mol. The van der Waals surface area contributed by atoms with Crippen LogP contribution in [-0.4, -0.2) is 42.0 Å². The Balaban J connectivity index is 4.88. The van der Waals surface area contributed by atoms with Crippen LogP contribution in [0.3, 0.4) is 0 Å². The first-order valence-electron chi connectivity index (χ1n) is 8.41. The maximum absolute atomic E-state index is 11.9. The van der Waals surface area contributed by atoms with Crippen LogP contribution in [0.2, 0.25) is 0 Å². The van der Waals surface area contributed by atoms with Gasteiger partial charge in [-0.15, -0.1) is 0 Å². The lowest BCUT2D eigenvalue weighted by atomic mass is 9.91. The van der Waals surface area contributed by atoms with E-state index in [9.17, 15) is 4.79 Å². The molecule has 0 fully saturated rings. The van der Waals surface area contributed by atoms with Gasteiger partial charge < -0.3 is 16.0 Å². The number of hydrogen-bond donors (Lipinski definition) is 2. The quantitative estimate of drug-likeness (QED) is 0.616. The fourth-order valence-electron chi connectivity index (χ4n) is 2.75. The van der Waals surface area contributed by atoms with Crippen LogP contribution >= 0.6 is 0 Å². The fraction of sp³-hybridized carbons (Fsp3) is 0.941.